The number of rotatable bonds is 2. The van der Waals surface area contributed by atoms with Crippen LogP contribution in [0.5, 0.6) is 0 Å². The average molecular weight is 300 g/mol. The van der Waals surface area contributed by atoms with Crippen LogP contribution in [-0.4, -0.2) is 17.4 Å². The molecule has 0 aliphatic carbocycles. The number of aryl methyl sites for hydroxylation is 1. The quantitative estimate of drug-likeness (QED) is 0.680. The highest BCUT2D eigenvalue weighted by Gasteiger charge is 2.27. The van der Waals surface area contributed by atoms with Crippen molar-refractivity contribution in [2.45, 2.75) is 13.8 Å². The van der Waals surface area contributed by atoms with E-state index in [9.17, 15) is 22.9 Å². The van der Waals surface area contributed by atoms with Crippen LogP contribution in [0.4, 0.5) is 18.9 Å². The summed E-state index contributed by atoms with van der Waals surface area (Å²) in [7, 11) is 0. The van der Waals surface area contributed by atoms with Crippen LogP contribution in [-0.2, 0) is 4.74 Å². The fraction of sp³-hybridized carbons (Fsp3) is 0.231. The zero-order chi connectivity index (χ0) is 15.9. The van der Waals surface area contributed by atoms with Crippen LogP contribution >= 0.6 is 0 Å². The topological polar surface area (TPSA) is 74.3 Å². The summed E-state index contributed by atoms with van der Waals surface area (Å²) in [5.41, 5.74) is 1.76. The van der Waals surface area contributed by atoms with Gasteiger partial charge in [0, 0.05) is 0 Å². The Kier molecular flexibility index (Phi) is 3.63. The molecule has 21 heavy (non-hydrogen) atoms. The molecule has 8 heteroatoms. The molecule has 2 rings (SSSR count). The highest BCUT2D eigenvalue weighted by molar-refractivity contribution is 5.95. The van der Waals surface area contributed by atoms with Crippen LogP contribution in [0.15, 0.2) is 10.9 Å². The summed E-state index contributed by atoms with van der Waals surface area (Å²) in [5.74, 6) is -4.10. The normalized spacial score (nSPS) is 10.9. The molecule has 0 radical (unpaired) electrons. The Bertz CT molecular complexity index is 815. The van der Waals surface area contributed by atoms with Crippen molar-refractivity contribution in [2.24, 2.45) is 0 Å². The maximum absolute atomic E-state index is 14.3. The van der Waals surface area contributed by atoms with E-state index >= 15 is 0 Å². The third-order valence-electron chi connectivity index (χ3n) is 3.01. The standard InChI is InChI=1S/C13H11F3N2O3/c1-3-21-13(20)8-9(14)7-6(18(16)12(8)19)4-5(2)11(17)10(7)15/h4H,3,17H2,1-2H3. The minimum absolute atomic E-state index is 0.133. The number of pyridine rings is 1. The number of hydrogen-bond donors (Lipinski definition) is 1. The Balaban J connectivity index is 2.99. The van der Waals surface area contributed by atoms with Crippen molar-refractivity contribution in [1.29, 1.82) is 0 Å². The van der Waals surface area contributed by atoms with E-state index in [2.05, 4.69) is 4.74 Å². The lowest BCUT2D eigenvalue weighted by atomic mass is 10.1. The fourth-order valence-corrected chi connectivity index (χ4v) is 1.95. The number of nitrogens with two attached hydrogens (primary N) is 1. The van der Waals surface area contributed by atoms with Crippen molar-refractivity contribution in [1.82, 2.24) is 4.79 Å². The Hall–Kier alpha value is -2.51. The van der Waals surface area contributed by atoms with E-state index in [-0.39, 0.29) is 12.2 Å². The lowest BCUT2D eigenvalue weighted by Crippen LogP contribution is -2.27. The Morgan fingerprint density at radius 1 is 1.38 bits per heavy atom. The van der Waals surface area contributed by atoms with E-state index in [1.807, 2.05) is 0 Å². The van der Waals surface area contributed by atoms with Crippen LogP contribution in [0.25, 0.3) is 10.9 Å². The first-order chi connectivity index (χ1) is 9.81. The number of ether oxygens (including phenoxy) is 1. The van der Waals surface area contributed by atoms with Gasteiger partial charge in [0.25, 0.3) is 5.56 Å². The molecule has 2 N–H and O–H groups in total. The number of halogens is 3. The zero-order valence-electron chi connectivity index (χ0n) is 11.2. The molecule has 1 aromatic heterocycles. The van der Waals surface area contributed by atoms with Gasteiger partial charge in [-0.05, 0) is 25.5 Å². The van der Waals surface area contributed by atoms with Gasteiger partial charge in [0.2, 0.25) is 0 Å². The summed E-state index contributed by atoms with van der Waals surface area (Å²) in [6.07, 6.45) is 0. The SMILES string of the molecule is CCOC(=O)c1c(F)c2c(F)c(N)c(C)cc2n(F)c1=O. The van der Waals surface area contributed by atoms with Gasteiger partial charge < -0.3 is 10.5 Å². The summed E-state index contributed by atoms with van der Waals surface area (Å²) in [5, 5.41) is -0.872. The minimum atomic E-state index is -1.55. The number of benzene rings is 1. The lowest BCUT2D eigenvalue weighted by Gasteiger charge is -2.11. The second kappa shape index (κ2) is 5.12. The fourth-order valence-electron chi connectivity index (χ4n) is 1.95. The van der Waals surface area contributed by atoms with E-state index in [0.29, 0.717) is 0 Å². The van der Waals surface area contributed by atoms with Crippen LogP contribution in [0.3, 0.4) is 0 Å². The highest BCUT2D eigenvalue weighted by atomic mass is 19.2. The smallest absolute Gasteiger partial charge is 0.346 e. The van der Waals surface area contributed by atoms with Gasteiger partial charge in [0.1, 0.15) is 0 Å². The van der Waals surface area contributed by atoms with Gasteiger partial charge in [-0.1, -0.05) is 4.48 Å². The molecule has 0 amide bonds. The summed E-state index contributed by atoms with van der Waals surface area (Å²) in [4.78, 5) is 22.8. The summed E-state index contributed by atoms with van der Waals surface area (Å²) in [6.45, 7) is 2.65. The molecule has 0 aliphatic rings. The van der Waals surface area contributed by atoms with Crippen molar-refractivity contribution in [3.8, 4) is 0 Å². The monoisotopic (exact) mass is 300 g/mol. The van der Waals surface area contributed by atoms with Crippen LogP contribution in [0.1, 0.15) is 22.8 Å². The van der Waals surface area contributed by atoms with Crippen molar-refractivity contribution < 1.29 is 22.8 Å². The molecule has 1 aromatic carbocycles. The molecule has 5 nitrogen and oxygen atoms in total. The summed E-state index contributed by atoms with van der Waals surface area (Å²) >= 11 is 0. The molecule has 0 saturated carbocycles. The lowest BCUT2D eigenvalue weighted by molar-refractivity contribution is 0.0517. The molecule has 112 valence electrons. The van der Waals surface area contributed by atoms with Crippen LogP contribution < -0.4 is 11.3 Å². The van der Waals surface area contributed by atoms with E-state index < -0.39 is 50.1 Å². The predicted molar refractivity (Wildman–Crippen MR) is 69.7 cm³/mol. The molecular formula is C13H11F3N2O3. The predicted octanol–water partition coefficient (Wildman–Crippen LogP) is 2.08. The first kappa shape index (κ1) is 14.9. The van der Waals surface area contributed by atoms with Gasteiger partial charge in [0.15, 0.2) is 17.2 Å². The van der Waals surface area contributed by atoms with Crippen LogP contribution in [0.2, 0.25) is 0 Å². The van der Waals surface area contributed by atoms with Crippen molar-refractivity contribution >= 4 is 22.6 Å². The zero-order valence-corrected chi connectivity index (χ0v) is 11.2. The van der Waals surface area contributed by atoms with E-state index in [0.717, 1.165) is 6.07 Å². The van der Waals surface area contributed by atoms with E-state index in [1.165, 1.54) is 13.8 Å². The van der Waals surface area contributed by atoms with Gasteiger partial charge in [-0.2, -0.15) is 0 Å². The van der Waals surface area contributed by atoms with E-state index in [1.54, 1.807) is 0 Å². The Morgan fingerprint density at radius 2 is 2.00 bits per heavy atom. The van der Waals surface area contributed by atoms with Gasteiger partial charge in [-0.15, -0.1) is 4.79 Å². The van der Waals surface area contributed by atoms with Crippen molar-refractivity contribution in [3.05, 3.63) is 39.2 Å². The third-order valence-corrected chi connectivity index (χ3v) is 3.01. The average Bonchev–Trinajstić information content (AvgIpc) is 2.42. The molecule has 0 fully saturated rings. The number of carbonyl (C=O) groups excluding carboxylic acids is 1. The second-order valence-corrected chi connectivity index (χ2v) is 4.31. The number of nitrogen functional groups attached to an aromatic ring is 1. The first-order valence-corrected chi connectivity index (χ1v) is 5.97. The number of aromatic nitrogens is 1. The summed E-state index contributed by atoms with van der Waals surface area (Å²) in [6, 6.07) is 1.02. The largest absolute Gasteiger partial charge is 0.462 e. The Labute approximate surface area is 116 Å². The van der Waals surface area contributed by atoms with Gasteiger partial charge >= 0.3 is 5.97 Å². The van der Waals surface area contributed by atoms with Crippen molar-refractivity contribution in [3.63, 3.8) is 0 Å². The number of anilines is 1. The van der Waals surface area contributed by atoms with Crippen LogP contribution in [0, 0.1) is 18.6 Å². The number of hydrogen-bond acceptors (Lipinski definition) is 4. The first-order valence-electron chi connectivity index (χ1n) is 5.97. The molecule has 2 aromatic rings. The number of esters is 1. The van der Waals surface area contributed by atoms with Crippen molar-refractivity contribution in [2.75, 3.05) is 12.3 Å². The molecule has 0 atom stereocenters. The molecule has 1 heterocycles. The maximum atomic E-state index is 14.3. The van der Waals surface area contributed by atoms with Gasteiger partial charge in [0.05, 0.1) is 23.2 Å². The molecule has 0 saturated heterocycles. The number of fused-ring (bicyclic) bond motifs is 1. The van der Waals surface area contributed by atoms with E-state index in [4.69, 9.17) is 5.73 Å². The molecular weight excluding hydrogens is 289 g/mol. The number of nitrogens with zero attached hydrogens (tertiary/aromatic N) is 1. The third kappa shape index (κ3) is 2.12. The number of carbonyl (C=O) groups is 1. The van der Waals surface area contributed by atoms with Gasteiger partial charge in [-0.3, -0.25) is 4.79 Å². The highest BCUT2D eigenvalue weighted by Crippen LogP contribution is 2.29. The second-order valence-electron chi connectivity index (χ2n) is 4.31. The molecule has 0 bridgehead atoms. The molecule has 0 aliphatic heterocycles. The Morgan fingerprint density at radius 3 is 2.57 bits per heavy atom. The molecule has 0 spiro atoms. The summed E-state index contributed by atoms with van der Waals surface area (Å²) < 4.78 is 46.8. The maximum Gasteiger partial charge on any atom is 0.346 e. The molecule has 0 unspecified atom stereocenters. The van der Waals surface area contributed by atoms with Gasteiger partial charge in [-0.25, -0.2) is 13.6 Å². The minimum Gasteiger partial charge on any atom is -0.462 e.